The van der Waals surface area contributed by atoms with Crippen LogP contribution in [0, 0.1) is 0 Å². The van der Waals surface area contributed by atoms with Gasteiger partial charge in [0.2, 0.25) is 0 Å². The Hall–Kier alpha value is -2.21. The van der Waals surface area contributed by atoms with Crippen LogP contribution in [0.3, 0.4) is 0 Å². The van der Waals surface area contributed by atoms with Crippen molar-refractivity contribution in [1.82, 2.24) is 0 Å². The molecule has 150 valence electrons. The summed E-state index contributed by atoms with van der Waals surface area (Å²) in [5, 5.41) is 3.42. The molecule has 0 saturated heterocycles. The number of nitrogens with one attached hydrogen (secondary N) is 1. The number of carbonyl (C=O) groups excluding carboxylic acids is 1. The van der Waals surface area contributed by atoms with Gasteiger partial charge in [-0.2, -0.15) is 0 Å². The summed E-state index contributed by atoms with van der Waals surface area (Å²) in [7, 11) is 0. The van der Waals surface area contributed by atoms with Gasteiger partial charge in [-0.3, -0.25) is 4.79 Å². The molecule has 4 nitrogen and oxygen atoms in total. The number of halogens is 3. The number of benzene rings is 3. The lowest BCUT2D eigenvalue weighted by atomic mass is 10.1. The summed E-state index contributed by atoms with van der Waals surface area (Å²) in [5.74, 6) is 0.663. The number of amides is 1. The monoisotopic (exact) mass is 493 g/mol. The molecule has 7 heteroatoms. The minimum Gasteiger partial charge on any atom is -0.489 e. The van der Waals surface area contributed by atoms with E-state index in [0.29, 0.717) is 45.5 Å². The number of carbonyl (C=O) groups is 1. The van der Waals surface area contributed by atoms with E-state index >= 15 is 0 Å². The predicted molar refractivity (Wildman–Crippen MR) is 121 cm³/mol. The first kappa shape index (κ1) is 21.5. The van der Waals surface area contributed by atoms with Gasteiger partial charge in [0.25, 0.3) is 5.91 Å². The number of hydrogen-bond acceptors (Lipinski definition) is 3. The molecule has 1 amide bonds. The lowest BCUT2D eigenvalue weighted by Gasteiger charge is -2.16. The molecule has 0 aliphatic carbocycles. The Morgan fingerprint density at radius 2 is 1.79 bits per heavy atom. The third kappa shape index (κ3) is 5.44. The number of ether oxygens (including phenoxy) is 2. The second-order valence-corrected chi connectivity index (χ2v) is 7.69. The van der Waals surface area contributed by atoms with Gasteiger partial charge >= 0.3 is 0 Å². The number of rotatable bonds is 7. The Labute approximate surface area is 187 Å². The Bertz CT molecular complexity index is 1010. The number of anilines is 1. The molecule has 1 N–H and O–H groups in total. The Morgan fingerprint density at radius 1 is 1.03 bits per heavy atom. The van der Waals surface area contributed by atoms with Crippen LogP contribution in [0.2, 0.25) is 10.0 Å². The fourth-order valence-electron chi connectivity index (χ4n) is 2.62. The highest BCUT2D eigenvalue weighted by Gasteiger charge is 2.17. The highest BCUT2D eigenvalue weighted by atomic mass is 79.9. The van der Waals surface area contributed by atoms with Crippen molar-refractivity contribution < 1.29 is 14.3 Å². The molecule has 0 atom stereocenters. The predicted octanol–water partition coefficient (Wildman–Crippen LogP) is 6.99. The van der Waals surface area contributed by atoms with Crippen LogP contribution < -0.4 is 14.8 Å². The molecule has 0 unspecified atom stereocenters. The van der Waals surface area contributed by atoms with Gasteiger partial charge in [-0.15, -0.1) is 0 Å². The first-order valence-corrected chi connectivity index (χ1v) is 10.4. The molecule has 0 aromatic heterocycles. The van der Waals surface area contributed by atoms with E-state index < -0.39 is 0 Å². The minimum absolute atomic E-state index is 0.285. The molecule has 0 aliphatic heterocycles. The van der Waals surface area contributed by atoms with Crippen molar-refractivity contribution in [2.75, 3.05) is 11.9 Å². The van der Waals surface area contributed by atoms with Crippen molar-refractivity contribution in [3.8, 4) is 11.5 Å². The van der Waals surface area contributed by atoms with Crippen LogP contribution in [-0.4, -0.2) is 12.5 Å². The quantitative estimate of drug-likeness (QED) is 0.385. The molecule has 0 radical (unpaired) electrons. The second-order valence-electron chi connectivity index (χ2n) is 6.05. The average molecular weight is 495 g/mol. The number of hydrogen-bond donors (Lipinski definition) is 1. The molecular weight excluding hydrogens is 477 g/mol. The zero-order chi connectivity index (χ0) is 20.8. The van der Waals surface area contributed by atoms with E-state index in [1.807, 2.05) is 37.3 Å². The molecule has 0 heterocycles. The van der Waals surface area contributed by atoms with Crippen LogP contribution in [0.15, 0.2) is 65.1 Å². The standard InChI is InChI=1S/C22H18BrCl2NO3/c1-2-28-21-16(23)11-15(12-19(21)29-13-14-7-4-3-5-8-14)22(27)26-18-10-6-9-17(24)20(18)25/h3-12H,2,13H2,1H3,(H,26,27). The maximum Gasteiger partial charge on any atom is 0.255 e. The SMILES string of the molecule is CCOc1c(Br)cc(C(=O)Nc2cccc(Cl)c2Cl)cc1OCc1ccccc1. The molecule has 0 fully saturated rings. The van der Waals surface area contributed by atoms with Crippen molar-refractivity contribution in [1.29, 1.82) is 0 Å². The molecule has 0 spiro atoms. The van der Waals surface area contributed by atoms with Crippen LogP contribution >= 0.6 is 39.1 Å². The van der Waals surface area contributed by atoms with Gasteiger partial charge in [-0.1, -0.05) is 59.6 Å². The van der Waals surface area contributed by atoms with E-state index in [0.717, 1.165) is 5.56 Å². The Balaban J connectivity index is 1.87. The molecular formula is C22H18BrCl2NO3. The maximum atomic E-state index is 12.8. The summed E-state index contributed by atoms with van der Waals surface area (Å²) in [5.41, 5.74) is 1.83. The maximum absolute atomic E-state index is 12.8. The van der Waals surface area contributed by atoms with Crippen molar-refractivity contribution in [3.05, 3.63) is 86.3 Å². The average Bonchev–Trinajstić information content (AvgIpc) is 2.72. The van der Waals surface area contributed by atoms with Crippen molar-refractivity contribution in [3.63, 3.8) is 0 Å². The lowest BCUT2D eigenvalue weighted by Crippen LogP contribution is -2.13. The fourth-order valence-corrected chi connectivity index (χ4v) is 3.53. The second kappa shape index (κ2) is 10.0. The highest BCUT2D eigenvalue weighted by Crippen LogP contribution is 2.38. The third-order valence-corrected chi connectivity index (χ3v) is 5.41. The topological polar surface area (TPSA) is 47.6 Å². The highest BCUT2D eigenvalue weighted by molar-refractivity contribution is 9.10. The van der Waals surface area contributed by atoms with E-state index in [9.17, 15) is 4.79 Å². The van der Waals surface area contributed by atoms with Crippen LogP contribution in [0.1, 0.15) is 22.8 Å². The van der Waals surface area contributed by atoms with E-state index in [4.69, 9.17) is 32.7 Å². The van der Waals surface area contributed by atoms with Gasteiger partial charge in [0.1, 0.15) is 6.61 Å². The van der Waals surface area contributed by atoms with Gasteiger partial charge < -0.3 is 14.8 Å². The largest absolute Gasteiger partial charge is 0.489 e. The van der Waals surface area contributed by atoms with Gasteiger partial charge in [-0.25, -0.2) is 0 Å². The summed E-state index contributed by atoms with van der Waals surface area (Å²) in [4.78, 5) is 12.8. The summed E-state index contributed by atoms with van der Waals surface area (Å²) < 4.78 is 12.3. The van der Waals surface area contributed by atoms with Crippen molar-refractivity contribution in [2.24, 2.45) is 0 Å². The zero-order valence-electron chi connectivity index (χ0n) is 15.5. The van der Waals surface area contributed by atoms with E-state index in [1.165, 1.54) is 0 Å². The Kier molecular flexibility index (Phi) is 7.42. The smallest absolute Gasteiger partial charge is 0.255 e. The first-order valence-electron chi connectivity index (χ1n) is 8.88. The van der Waals surface area contributed by atoms with Crippen molar-refractivity contribution in [2.45, 2.75) is 13.5 Å². The van der Waals surface area contributed by atoms with Crippen LogP contribution in [0.4, 0.5) is 5.69 Å². The minimum atomic E-state index is -0.345. The Morgan fingerprint density at radius 3 is 2.52 bits per heavy atom. The molecule has 0 bridgehead atoms. The van der Waals surface area contributed by atoms with Crippen LogP contribution in [-0.2, 0) is 6.61 Å². The summed E-state index contributed by atoms with van der Waals surface area (Å²) >= 11 is 15.7. The molecule has 0 saturated carbocycles. The lowest BCUT2D eigenvalue weighted by molar-refractivity contribution is 0.102. The molecule has 29 heavy (non-hydrogen) atoms. The van der Waals surface area contributed by atoms with Gasteiger partial charge in [0, 0.05) is 5.56 Å². The van der Waals surface area contributed by atoms with Crippen molar-refractivity contribution >= 4 is 50.7 Å². The molecule has 3 rings (SSSR count). The fraction of sp³-hybridized carbons (Fsp3) is 0.136. The first-order chi connectivity index (χ1) is 14.0. The van der Waals surface area contributed by atoms with E-state index in [1.54, 1.807) is 30.3 Å². The summed E-state index contributed by atoms with van der Waals surface area (Å²) in [6, 6.07) is 18.1. The van der Waals surface area contributed by atoms with Gasteiger partial charge in [0.05, 0.1) is 26.8 Å². The van der Waals surface area contributed by atoms with Crippen LogP contribution in [0.5, 0.6) is 11.5 Å². The normalized spacial score (nSPS) is 10.5. The van der Waals surface area contributed by atoms with Gasteiger partial charge in [0.15, 0.2) is 11.5 Å². The van der Waals surface area contributed by atoms with E-state index in [-0.39, 0.29) is 10.9 Å². The molecule has 3 aromatic rings. The van der Waals surface area contributed by atoms with E-state index in [2.05, 4.69) is 21.2 Å². The van der Waals surface area contributed by atoms with Gasteiger partial charge in [-0.05, 0) is 52.7 Å². The summed E-state index contributed by atoms with van der Waals surface area (Å²) in [6.45, 7) is 2.69. The molecule has 0 aliphatic rings. The molecule has 3 aromatic carbocycles. The zero-order valence-corrected chi connectivity index (χ0v) is 18.6. The third-order valence-electron chi connectivity index (χ3n) is 4.00. The summed E-state index contributed by atoms with van der Waals surface area (Å²) in [6.07, 6.45) is 0. The van der Waals surface area contributed by atoms with Crippen LogP contribution in [0.25, 0.3) is 0 Å².